The molecule has 0 saturated heterocycles. The first kappa shape index (κ1) is 11.7. The Morgan fingerprint density at radius 2 is 2.06 bits per heavy atom. The summed E-state index contributed by atoms with van der Waals surface area (Å²) in [4.78, 5) is 0.338. The molecule has 4 nitrogen and oxygen atoms in total. The first-order valence-corrected chi connectivity index (χ1v) is 5.69. The van der Waals surface area contributed by atoms with Gasteiger partial charge in [0.2, 0.25) is 0 Å². The molecule has 1 aromatic carbocycles. The van der Waals surface area contributed by atoms with Gasteiger partial charge in [0.15, 0.2) is 0 Å². The summed E-state index contributed by atoms with van der Waals surface area (Å²) in [6, 6.07) is 9.50. The summed E-state index contributed by atoms with van der Waals surface area (Å²) in [7, 11) is 0. The largest absolute Gasteiger partial charge is 0.311 e. The van der Waals surface area contributed by atoms with Crippen LogP contribution in [0.5, 0.6) is 0 Å². The summed E-state index contributed by atoms with van der Waals surface area (Å²) in [5, 5.41) is 10.4. The van der Waals surface area contributed by atoms with E-state index in [1.54, 1.807) is 0 Å². The SMILES string of the molecule is CCCNCc1c(-c2ccccc2)nnn1F. The third-order valence-corrected chi connectivity index (χ3v) is 2.49. The normalized spacial score (nSPS) is 10.7. The maximum absolute atomic E-state index is 13.4. The van der Waals surface area contributed by atoms with Crippen LogP contribution in [-0.2, 0) is 6.54 Å². The molecule has 0 aliphatic heterocycles. The molecule has 0 spiro atoms. The molecule has 1 heterocycles. The van der Waals surface area contributed by atoms with E-state index in [1.807, 2.05) is 30.3 Å². The fourth-order valence-corrected chi connectivity index (χ4v) is 1.64. The highest BCUT2D eigenvalue weighted by atomic mass is 19.2. The lowest BCUT2D eigenvalue weighted by molar-refractivity contribution is 0.290. The van der Waals surface area contributed by atoms with Crippen LogP contribution in [0.4, 0.5) is 4.48 Å². The van der Waals surface area contributed by atoms with Gasteiger partial charge in [0.05, 0.1) is 0 Å². The number of benzene rings is 1. The van der Waals surface area contributed by atoms with Crippen molar-refractivity contribution < 1.29 is 4.48 Å². The van der Waals surface area contributed by atoms with Crippen molar-refractivity contribution in [2.24, 2.45) is 0 Å². The molecule has 90 valence electrons. The van der Waals surface area contributed by atoms with Crippen molar-refractivity contribution in [3.63, 3.8) is 0 Å². The van der Waals surface area contributed by atoms with Gasteiger partial charge in [0, 0.05) is 12.1 Å². The number of nitrogens with one attached hydrogen (secondary N) is 1. The van der Waals surface area contributed by atoms with E-state index in [1.165, 1.54) is 0 Å². The Kier molecular flexibility index (Phi) is 3.82. The molecule has 0 amide bonds. The lowest BCUT2D eigenvalue weighted by atomic mass is 10.1. The zero-order chi connectivity index (χ0) is 12.1. The first-order valence-electron chi connectivity index (χ1n) is 5.69. The van der Waals surface area contributed by atoms with Crippen molar-refractivity contribution >= 4 is 0 Å². The number of aromatic nitrogens is 3. The molecule has 5 heteroatoms. The number of rotatable bonds is 5. The minimum Gasteiger partial charge on any atom is -0.311 e. The number of nitrogens with zero attached hydrogens (tertiary/aromatic N) is 3. The molecule has 0 unspecified atom stereocenters. The second-order valence-electron chi connectivity index (χ2n) is 3.79. The number of hydrogen-bond acceptors (Lipinski definition) is 3. The van der Waals surface area contributed by atoms with E-state index >= 15 is 0 Å². The van der Waals surface area contributed by atoms with E-state index < -0.39 is 0 Å². The monoisotopic (exact) mass is 234 g/mol. The molecule has 1 aromatic heterocycles. The average Bonchev–Trinajstić information content (AvgIpc) is 2.73. The Bertz CT molecular complexity index is 467. The second-order valence-corrected chi connectivity index (χ2v) is 3.79. The van der Waals surface area contributed by atoms with Crippen LogP contribution in [-0.4, -0.2) is 21.8 Å². The van der Waals surface area contributed by atoms with E-state index in [2.05, 4.69) is 22.6 Å². The summed E-state index contributed by atoms with van der Waals surface area (Å²) >= 11 is 0. The third kappa shape index (κ3) is 2.68. The van der Waals surface area contributed by atoms with E-state index in [-0.39, 0.29) is 0 Å². The van der Waals surface area contributed by atoms with Gasteiger partial charge in [-0.3, -0.25) is 0 Å². The van der Waals surface area contributed by atoms with E-state index in [0.717, 1.165) is 18.5 Å². The van der Waals surface area contributed by atoms with Crippen molar-refractivity contribution in [2.75, 3.05) is 6.54 Å². The molecular weight excluding hydrogens is 219 g/mol. The van der Waals surface area contributed by atoms with E-state index in [4.69, 9.17) is 0 Å². The second kappa shape index (κ2) is 5.54. The van der Waals surface area contributed by atoms with Gasteiger partial charge in [-0.05, 0) is 18.2 Å². The van der Waals surface area contributed by atoms with E-state index in [9.17, 15) is 4.48 Å². The Hall–Kier alpha value is -1.75. The van der Waals surface area contributed by atoms with Crippen LogP contribution in [0, 0.1) is 0 Å². The molecule has 0 fully saturated rings. The summed E-state index contributed by atoms with van der Waals surface area (Å²) < 4.78 is 13.4. The molecular formula is C12H15FN4. The van der Waals surface area contributed by atoms with Crippen LogP contribution in [0.3, 0.4) is 0 Å². The zero-order valence-corrected chi connectivity index (χ0v) is 9.73. The molecule has 2 aromatic rings. The van der Waals surface area contributed by atoms with Gasteiger partial charge < -0.3 is 5.32 Å². The van der Waals surface area contributed by atoms with Gasteiger partial charge in [-0.1, -0.05) is 46.6 Å². The van der Waals surface area contributed by atoms with Gasteiger partial charge in [0.25, 0.3) is 0 Å². The Morgan fingerprint density at radius 1 is 1.29 bits per heavy atom. The standard InChI is InChI=1S/C12H15FN4/c1-2-8-14-9-11-12(15-16-17(11)13)10-6-4-3-5-7-10/h3-7,14H,2,8-9H2,1H3. The topological polar surface area (TPSA) is 42.7 Å². The van der Waals surface area contributed by atoms with Gasteiger partial charge in [-0.15, -0.1) is 5.10 Å². The summed E-state index contributed by atoms with van der Waals surface area (Å²) in [6.45, 7) is 3.34. The average molecular weight is 234 g/mol. The van der Waals surface area contributed by atoms with Crippen molar-refractivity contribution in [3.05, 3.63) is 36.0 Å². The quantitative estimate of drug-likeness (QED) is 0.806. The number of halogens is 1. The number of hydrogen-bond donors (Lipinski definition) is 1. The third-order valence-electron chi connectivity index (χ3n) is 2.49. The van der Waals surface area contributed by atoms with Crippen molar-refractivity contribution in [2.45, 2.75) is 19.9 Å². The lowest BCUT2D eigenvalue weighted by Crippen LogP contribution is -2.16. The van der Waals surface area contributed by atoms with Crippen LogP contribution >= 0.6 is 0 Å². The summed E-state index contributed by atoms with van der Waals surface area (Å²) in [5.74, 6) is 0. The smallest absolute Gasteiger partial charge is 0.120 e. The molecule has 17 heavy (non-hydrogen) atoms. The first-order chi connectivity index (χ1) is 8.33. The van der Waals surface area contributed by atoms with Crippen LogP contribution in [0.2, 0.25) is 0 Å². The van der Waals surface area contributed by atoms with Gasteiger partial charge in [0.1, 0.15) is 11.4 Å². The Balaban J connectivity index is 2.23. The molecule has 0 saturated carbocycles. The lowest BCUT2D eigenvalue weighted by Gasteiger charge is -2.03. The predicted octanol–water partition coefficient (Wildman–Crippen LogP) is 2.18. The maximum atomic E-state index is 13.4. The molecule has 0 aliphatic carbocycles. The molecule has 2 rings (SSSR count). The summed E-state index contributed by atoms with van der Waals surface area (Å²) in [5.41, 5.74) is 1.94. The van der Waals surface area contributed by atoms with Crippen molar-refractivity contribution in [1.29, 1.82) is 0 Å². The van der Waals surface area contributed by atoms with Gasteiger partial charge in [-0.2, -0.15) is 0 Å². The molecule has 0 radical (unpaired) electrons. The van der Waals surface area contributed by atoms with E-state index in [0.29, 0.717) is 22.8 Å². The molecule has 0 bridgehead atoms. The van der Waals surface area contributed by atoms with Gasteiger partial charge >= 0.3 is 0 Å². The minimum absolute atomic E-state index is 0.338. The van der Waals surface area contributed by atoms with Crippen molar-refractivity contribution in [3.8, 4) is 11.3 Å². The molecule has 0 atom stereocenters. The zero-order valence-electron chi connectivity index (χ0n) is 9.73. The fourth-order valence-electron chi connectivity index (χ4n) is 1.64. The van der Waals surface area contributed by atoms with Crippen LogP contribution < -0.4 is 5.32 Å². The van der Waals surface area contributed by atoms with Gasteiger partial charge in [-0.25, -0.2) is 0 Å². The minimum atomic E-state index is 0.338. The van der Waals surface area contributed by atoms with Crippen molar-refractivity contribution in [1.82, 2.24) is 20.5 Å². The molecule has 0 aliphatic rings. The highest BCUT2D eigenvalue weighted by Crippen LogP contribution is 2.20. The molecule has 1 N–H and O–H groups in total. The highest BCUT2D eigenvalue weighted by molar-refractivity contribution is 5.60. The Morgan fingerprint density at radius 3 is 2.76 bits per heavy atom. The van der Waals surface area contributed by atoms with Crippen LogP contribution in [0.15, 0.2) is 30.3 Å². The summed E-state index contributed by atoms with van der Waals surface area (Å²) in [6.07, 6.45) is 1.01. The van der Waals surface area contributed by atoms with Crippen LogP contribution in [0.1, 0.15) is 19.0 Å². The van der Waals surface area contributed by atoms with Crippen LogP contribution in [0.25, 0.3) is 11.3 Å². The predicted molar refractivity (Wildman–Crippen MR) is 64.0 cm³/mol. The Labute approximate surface area is 99.4 Å². The highest BCUT2D eigenvalue weighted by Gasteiger charge is 2.13. The maximum Gasteiger partial charge on any atom is 0.120 e. The fraction of sp³-hybridized carbons (Fsp3) is 0.333.